The number of amides is 1. The van der Waals surface area contributed by atoms with Crippen molar-refractivity contribution in [3.8, 4) is 0 Å². The van der Waals surface area contributed by atoms with Crippen molar-refractivity contribution in [2.45, 2.75) is 18.2 Å². The second kappa shape index (κ2) is 7.10. The Bertz CT molecular complexity index is 907. The van der Waals surface area contributed by atoms with Gasteiger partial charge in [-0.2, -0.15) is 0 Å². The molecule has 138 valence electrons. The highest BCUT2D eigenvalue weighted by Crippen LogP contribution is 2.19. The maximum absolute atomic E-state index is 12.4. The van der Waals surface area contributed by atoms with Gasteiger partial charge < -0.3 is 4.74 Å². The van der Waals surface area contributed by atoms with E-state index in [1.54, 1.807) is 0 Å². The number of nitrogens with one attached hydrogen (secondary N) is 2. The molecule has 2 N–H and O–H groups in total. The number of carbonyl (C=O) groups is 2. The van der Waals surface area contributed by atoms with Crippen molar-refractivity contribution in [1.29, 1.82) is 0 Å². The highest BCUT2D eigenvalue weighted by Gasteiger charge is 2.33. The van der Waals surface area contributed by atoms with Crippen molar-refractivity contribution >= 4 is 31.7 Å². The third-order valence-corrected chi connectivity index (χ3v) is 6.97. The molecule has 11 heteroatoms. The lowest BCUT2D eigenvalue weighted by Crippen LogP contribution is -2.44. The fourth-order valence-corrected chi connectivity index (χ4v) is 5.27. The summed E-state index contributed by atoms with van der Waals surface area (Å²) in [7, 11) is -6.24. The van der Waals surface area contributed by atoms with Crippen molar-refractivity contribution in [1.82, 2.24) is 10.3 Å². The van der Waals surface area contributed by atoms with Crippen molar-refractivity contribution in [3.05, 3.63) is 29.3 Å². The highest BCUT2D eigenvalue weighted by atomic mass is 32.2. The van der Waals surface area contributed by atoms with Gasteiger partial charge in [0.25, 0.3) is 10.0 Å². The Balaban J connectivity index is 2.14. The van der Waals surface area contributed by atoms with Crippen LogP contribution in [0.15, 0.2) is 23.1 Å². The standard InChI is InChI=1S/C14H18N2O7S2/c1-9-3-4-10(14(18)23-2)7-12(9)25(21,22)16-15-13(17)11-5-6-24(19,20)8-11/h3-4,7,11,16H,5-6,8H2,1-2H3,(H,15,17)/t11-/m1/s1. The van der Waals surface area contributed by atoms with Crippen LogP contribution in [0, 0.1) is 12.8 Å². The van der Waals surface area contributed by atoms with Crippen LogP contribution in [0.3, 0.4) is 0 Å². The molecule has 1 aliphatic heterocycles. The van der Waals surface area contributed by atoms with E-state index >= 15 is 0 Å². The Morgan fingerprint density at radius 2 is 1.96 bits per heavy atom. The molecule has 0 bridgehead atoms. The summed E-state index contributed by atoms with van der Waals surface area (Å²) in [6, 6.07) is 3.99. The zero-order valence-corrected chi connectivity index (χ0v) is 15.2. The van der Waals surface area contributed by atoms with E-state index in [9.17, 15) is 26.4 Å². The third-order valence-electron chi connectivity index (χ3n) is 3.81. The van der Waals surface area contributed by atoms with Crippen molar-refractivity contribution < 1.29 is 31.2 Å². The van der Waals surface area contributed by atoms with Crippen LogP contribution in [-0.4, -0.2) is 47.3 Å². The van der Waals surface area contributed by atoms with E-state index in [1.807, 2.05) is 10.3 Å². The Morgan fingerprint density at radius 1 is 1.28 bits per heavy atom. The summed E-state index contributed by atoms with van der Waals surface area (Å²) in [6.07, 6.45) is 0.146. The Labute approximate surface area is 145 Å². The van der Waals surface area contributed by atoms with Gasteiger partial charge in [0.05, 0.1) is 35.0 Å². The Morgan fingerprint density at radius 3 is 2.52 bits per heavy atom. The van der Waals surface area contributed by atoms with Gasteiger partial charge in [0.2, 0.25) is 5.91 Å². The molecule has 1 aromatic carbocycles. The first-order chi connectivity index (χ1) is 11.6. The molecule has 1 aromatic rings. The number of carbonyl (C=O) groups excluding carboxylic acids is 2. The van der Waals surface area contributed by atoms with Crippen molar-refractivity contribution in [2.75, 3.05) is 18.6 Å². The van der Waals surface area contributed by atoms with Crippen LogP contribution in [0.25, 0.3) is 0 Å². The number of ether oxygens (including phenoxy) is 1. The summed E-state index contributed by atoms with van der Waals surface area (Å²) < 4.78 is 52.0. The van der Waals surface area contributed by atoms with Gasteiger partial charge in [-0.1, -0.05) is 6.07 Å². The minimum absolute atomic E-state index is 0.0432. The first-order valence-corrected chi connectivity index (χ1v) is 10.6. The zero-order chi connectivity index (χ0) is 18.8. The minimum Gasteiger partial charge on any atom is -0.465 e. The number of sulfonamides is 1. The number of sulfone groups is 1. The first kappa shape index (κ1) is 19.3. The SMILES string of the molecule is COC(=O)c1ccc(C)c(S(=O)(=O)NNC(=O)[C@@H]2CCS(=O)(=O)C2)c1. The quantitative estimate of drug-likeness (QED) is 0.512. The molecular formula is C14H18N2O7S2. The highest BCUT2D eigenvalue weighted by molar-refractivity contribution is 7.91. The molecule has 1 amide bonds. The van der Waals surface area contributed by atoms with Gasteiger partial charge in [0.15, 0.2) is 9.84 Å². The molecule has 0 aromatic heterocycles. The molecule has 1 fully saturated rings. The van der Waals surface area contributed by atoms with E-state index in [1.165, 1.54) is 26.2 Å². The predicted molar refractivity (Wildman–Crippen MR) is 87.7 cm³/mol. The molecule has 0 radical (unpaired) electrons. The number of hydrogen-bond acceptors (Lipinski definition) is 7. The fourth-order valence-electron chi connectivity index (χ4n) is 2.41. The Kier molecular flexibility index (Phi) is 5.49. The fraction of sp³-hybridized carbons (Fsp3) is 0.429. The average molecular weight is 390 g/mol. The topological polar surface area (TPSA) is 136 Å². The maximum Gasteiger partial charge on any atom is 0.337 e. The van der Waals surface area contributed by atoms with Crippen LogP contribution in [0.5, 0.6) is 0 Å². The minimum atomic E-state index is -4.15. The summed E-state index contributed by atoms with van der Waals surface area (Å²) in [4.78, 5) is 25.2. The number of methoxy groups -OCH3 is 1. The molecule has 1 aliphatic rings. The van der Waals surface area contributed by atoms with E-state index in [0.29, 0.717) is 5.56 Å². The molecule has 1 heterocycles. The molecule has 1 atom stereocenters. The first-order valence-electron chi connectivity index (χ1n) is 7.27. The lowest BCUT2D eigenvalue weighted by molar-refractivity contribution is -0.124. The van der Waals surface area contributed by atoms with E-state index in [2.05, 4.69) is 4.74 Å². The van der Waals surface area contributed by atoms with Crippen molar-refractivity contribution in [3.63, 3.8) is 0 Å². The monoisotopic (exact) mass is 390 g/mol. The van der Waals surface area contributed by atoms with Gasteiger partial charge >= 0.3 is 5.97 Å². The van der Waals surface area contributed by atoms with Crippen LogP contribution >= 0.6 is 0 Å². The summed E-state index contributed by atoms with van der Waals surface area (Å²) >= 11 is 0. The van der Waals surface area contributed by atoms with Gasteiger partial charge in [-0.05, 0) is 31.0 Å². The summed E-state index contributed by atoms with van der Waals surface area (Å²) in [5.41, 5.74) is 2.44. The molecule has 0 saturated carbocycles. The normalized spacial score (nSPS) is 19.4. The summed E-state index contributed by atoms with van der Waals surface area (Å²) in [6.45, 7) is 1.53. The molecule has 1 saturated heterocycles. The molecular weight excluding hydrogens is 372 g/mol. The Hall–Kier alpha value is -1.98. The maximum atomic E-state index is 12.4. The van der Waals surface area contributed by atoms with Crippen LogP contribution in [0.2, 0.25) is 0 Å². The van der Waals surface area contributed by atoms with Gasteiger partial charge in [-0.15, -0.1) is 4.83 Å². The van der Waals surface area contributed by atoms with Crippen LogP contribution in [-0.2, 0) is 29.4 Å². The lowest BCUT2D eigenvalue weighted by atomic mass is 10.1. The molecule has 2 rings (SSSR count). The van der Waals surface area contributed by atoms with Gasteiger partial charge in [-0.25, -0.2) is 21.6 Å². The number of aryl methyl sites for hydroxylation is 1. The van der Waals surface area contributed by atoms with Crippen molar-refractivity contribution in [2.24, 2.45) is 5.92 Å². The number of rotatable bonds is 5. The molecule has 9 nitrogen and oxygen atoms in total. The smallest absolute Gasteiger partial charge is 0.337 e. The second-order valence-electron chi connectivity index (χ2n) is 5.67. The van der Waals surface area contributed by atoms with E-state index in [-0.39, 0.29) is 28.4 Å². The van der Waals surface area contributed by atoms with Crippen LogP contribution in [0.4, 0.5) is 0 Å². The zero-order valence-electron chi connectivity index (χ0n) is 13.6. The van der Waals surface area contributed by atoms with E-state index in [0.717, 1.165) is 6.07 Å². The second-order valence-corrected chi connectivity index (χ2v) is 9.55. The molecule has 25 heavy (non-hydrogen) atoms. The van der Waals surface area contributed by atoms with E-state index in [4.69, 9.17) is 0 Å². The van der Waals surface area contributed by atoms with Gasteiger partial charge in [0.1, 0.15) is 0 Å². The predicted octanol–water partition coefficient (Wildman–Crippen LogP) is -0.474. The summed E-state index contributed by atoms with van der Waals surface area (Å²) in [5, 5.41) is 0. The molecule has 0 unspecified atom stereocenters. The van der Waals surface area contributed by atoms with Gasteiger partial charge in [0, 0.05) is 0 Å². The lowest BCUT2D eigenvalue weighted by Gasteiger charge is -2.13. The number of esters is 1. The van der Waals surface area contributed by atoms with E-state index < -0.39 is 37.7 Å². The average Bonchev–Trinajstić information content (AvgIpc) is 2.92. The molecule has 0 spiro atoms. The van der Waals surface area contributed by atoms with Gasteiger partial charge in [-0.3, -0.25) is 10.2 Å². The number of benzene rings is 1. The molecule has 0 aliphatic carbocycles. The largest absolute Gasteiger partial charge is 0.465 e. The number of hydrogen-bond donors (Lipinski definition) is 2. The van der Waals surface area contributed by atoms with Crippen LogP contribution < -0.4 is 10.3 Å². The number of hydrazine groups is 1. The summed E-state index contributed by atoms with van der Waals surface area (Å²) in [5.74, 6) is -2.62. The third kappa shape index (κ3) is 4.55. The van der Waals surface area contributed by atoms with Crippen LogP contribution in [0.1, 0.15) is 22.3 Å².